The smallest absolute Gasteiger partial charge is 0.0701 e. The van der Waals surface area contributed by atoms with E-state index < -0.39 is 0 Å². The fourth-order valence-electron chi connectivity index (χ4n) is 1.80. The fourth-order valence-corrected chi connectivity index (χ4v) is 1.80. The molecule has 1 atom stereocenters. The largest absolute Gasteiger partial charge is 0.382 e. The zero-order chi connectivity index (χ0) is 13.9. The molecule has 1 aromatic rings. The van der Waals surface area contributed by atoms with E-state index in [2.05, 4.69) is 36.5 Å². The lowest BCUT2D eigenvalue weighted by Gasteiger charge is -2.17. The van der Waals surface area contributed by atoms with Crippen LogP contribution in [0.5, 0.6) is 0 Å². The van der Waals surface area contributed by atoms with Gasteiger partial charge < -0.3 is 19.5 Å². The first-order chi connectivity index (χ1) is 9.27. The minimum atomic E-state index is 0.221. The molecule has 0 radical (unpaired) electrons. The van der Waals surface area contributed by atoms with Crippen molar-refractivity contribution in [3.05, 3.63) is 35.4 Å². The van der Waals surface area contributed by atoms with E-state index in [-0.39, 0.29) is 6.04 Å². The van der Waals surface area contributed by atoms with Gasteiger partial charge in [0.1, 0.15) is 0 Å². The molecule has 0 saturated heterocycles. The Hall–Kier alpha value is -0.940. The lowest BCUT2D eigenvalue weighted by atomic mass is 10.1. The summed E-state index contributed by atoms with van der Waals surface area (Å²) in [7, 11) is 3.62. The highest BCUT2D eigenvalue weighted by molar-refractivity contribution is 5.25. The third-order valence-electron chi connectivity index (χ3n) is 2.88. The van der Waals surface area contributed by atoms with Crippen LogP contribution in [0.3, 0.4) is 0 Å². The molecule has 0 fully saturated rings. The molecular weight excluding hydrogens is 242 g/mol. The summed E-state index contributed by atoms with van der Waals surface area (Å²) in [5.74, 6) is 0. The molecule has 108 valence electrons. The van der Waals surface area contributed by atoms with Gasteiger partial charge in [0.05, 0.1) is 39.1 Å². The standard InChI is InChI=1S/C15H25NO3/c1-13-5-4-6-14(11-13)15(16-2)12-19-10-9-18-8-7-17-3/h4-6,11,15-16H,7-10,12H2,1-3H3. The van der Waals surface area contributed by atoms with Crippen molar-refractivity contribution < 1.29 is 14.2 Å². The van der Waals surface area contributed by atoms with Gasteiger partial charge in [0, 0.05) is 7.11 Å². The maximum Gasteiger partial charge on any atom is 0.0701 e. The summed E-state index contributed by atoms with van der Waals surface area (Å²) in [5, 5.41) is 3.27. The van der Waals surface area contributed by atoms with E-state index in [9.17, 15) is 0 Å². The molecule has 0 aliphatic carbocycles. The Balaban J connectivity index is 2.22. The van der Waals surface area contributed by atoms with Crippen LogP contribution in [0.25, 0.3) is 0 Å². The molecule has 0 amide bonds. The van der Waals surface area contributed by atoms with Crippen LogP contribution in [0.4, 0.5) is 0 Å². The first-order valence-electron chi connectivity index (χ1n) is 6.66. The van der Waals surface area contributed by atoms with E-state index in [4.69, 9.17) is 14.2 Å². The topological polar surface area (TPSA) is 39.7 Å². The van der Waals surface area contributed by atoms with Gasteiger partial charge in [0.25, 0.3) is 0 Å². The van der Waals surface area contributed by atoms with Crippen molar-refractivity contribution in [1.82, 2.24) is 5.32 Å². The second kappa shape index (κ2) is 9.92. The molecule has 0 spiro atoms. The van der Waals surface area contributed by atoms with Gasteiger partial charge in [0.2, 0.25) is 0 Å². The predicted octanol–water partition coefficient (Wildman–Crippen LogP) is 1.94. The maximum atomic E-state index is 5.63. The third kappa shape index (κ3) is 6.68. The minimum Gasteiger partial charge on any atom is -0.382 e. The molecule has 1 aromatic carbocycles. The van der Waals surface area contributed by atoms with Gasteiger partial charge in [-0.15, -0.1) is 0 Å². The summed E-state index contributed by atoms with van der Waals surface area (Å²) in [6.45, 7) is 5.20. The number of ether oxygens (including phenoxy) is 3. The van der Waals surface area contributed by atoms with E-state index in [1.807, 2.05) is 7.05 Å². The quantitative estimate of drug-likeness (QED) is 0.658. The van der Waals surface area contributed by atoms with Crippen molar-refractivity contribution in [2.45, 2.75) is 13.0 Å². The molecule has 0 bridgehead atoms. The molecule has 4 heteroatoms. The number of hydrogen-bond acceptors (Lipinski definition) is 4. The van der Waals surface area contributed by atoms with Gasteiger partial charge in [0.15, 0.2) is 0 Å². The van der Waals surface area contributed by atoms with Crippen LogP contribution in [0.15, 0.2) is 24.3 Å². The average molecular weight is 267 g/mol. The zero-order valence-electron chi connectivity index (χ0n) is 12.1. The van der Waals surface area contributed by atoms with Crippen LogP contribution in [0.2, 0.25) is 0 Å². The number of hydrogen-bond donors (Lipinski definition) is 1. The molecule has 1 unspecified atom stereocenters. The monoisotopic (exact) mass is 267 g/mol. The maximum absolute atomic E-state index is 5.63. The molecule has 1 rings (SSSR count). The molecular formula is C15H25NO3. The molecule has 0 aliphatic rings. The Bertz CT molecular complexity index is 344. The first kappa shape index (κ1) is 16.1. The highest BCUT2D eigenvalue weighted by atomic mass is 16.5. The summed E-state index contributed by atoms with van der Waals surface area (Å²) in [4.78, 5) is 0. The Morgan fingerprint density at radius 2 is 1.84 bits per heavy atom. The number of rotatable bonds is 10. The highest BCUT2D eigenvalue weighted by Crippen LogP contribution is 2.14. The number of benzene rings is 1. The second-order valence-corrected chi connectivity index (χ2v) is 4.44. The zero-order valence-corrected chi connectivity index (χ0v) is 12.1. The Morgan fingerprint density at radius 3 is 2.53 bits per heavy atom. The summed E-state index contributed by atoms with van der Waals surface area (Å²) in [6, 6.07) is 8.69. The Kier molecular flexibility index (Phi) is 8.41. The van der Waals surface area contributed by atoms with E-state index in [0.717, 1.165) is 0 Å². The van der Waals surface area contributed by atoms with Crippen molar-refractivity contribution in [2.75, 3.05) is 47.2 Å². The van der Waals surface area contributed by atoms with Gasteiger partial charge in [-0.3, -0.25) is 0 Å². The van der Waals surface area contributed by atoms with Crippen LogP contribution in [0.1, 0.15) is 17.2 Å². The normalized spacial score (nSPS) is 12.6. The van der Waals surface area contributed by atoms with Crippen LogP contribution >= 0.6 is 0 Å². The SMILES string of the molecule is CNC(COCCOCCOC)c1cccc(C)c1. The van der Waals surface area contributed by atoms with Gasteiger partial charge in [-0.2, -0.15) is 0 Å². The molecule has 0 saturated carbocycles. The van der Waals surface area contributed by atoms with Crippen LogP contribution in [0, 0.1) is 6.92 Å². The van der Waals surface area contributed by atoms with Crippen LogP contribution in [-0.2, 0) is 14.2 Å². The lowest BCUT2D eigenvalue weighted by Crippen LogP contribution is -2.23. The third-order valence-corrected chi connectivity index (χ3v) is 2.88. The highest BCUT2D eigenvalue weighted by Gasteiger charge is 2.08. The van der Waals surface area contributed by atoms with E-state index >= 15 is 0 Å². The summed E-state index contributed by atoms with van der Waals surface area (Å²) >= 11 is 0. The van der Waals surface area contributed by atoms with Crippen molar-refractivity contribution >= 4 is 0 Å². The minimum absolute atomic E-state index is 0.221. The molecule has 1 N–H and O–H groups in total. The summed E-state index contributed by atoms with van der Waals surface area (Å²) in [5.41, 5.74) is 2.52. The van der Waals surface area contributed by atoms with Crippen molar-refractivity contribution in [1.29, 1.82) is 0 Å². The molecule has 0 aromatic heterocycles. The van der Waals surface area contributed by atoms with Crippen molar-refractivity contribution in [3.63, 3.8) is 0 Å². The van der Waals surface area contributed by atoms with Crippen molar-refractivity contribution in [2.24, 2.45) is 0 Å². The van der Waals surface area contributed by atoms with Gasteiger partial charge in [-0.25, -0.2) is 0 Å². The van der Waals surface area contributed by atoms with Gasteiger partial charge in [-0.05, 0) is 19.5 Å². The lowest BCUT2D eigenvalue weighted by molar-refractivity contribution is 0.0197. The number of aryl methyl sites for hydroxylation is 1. The van der Waals surface area contributed by atoms with Gasteiger partial charge >= 0.3 is 0 Å². The summed E-state index contributed by atoms with van der Waals surface area (Å²) < 4.78 is 15.9. The van der Waals surface area contributed by atoms with E-state index in [1.54, 1.807) is 7.11 Å². The average Bonchev–Trinajstić information content (AvgIpc) is 2.42. The van der Waals surface area contributed by atoms with Gasteiger partial charge in [-0.1, -0.05) is 29.8 Å². The molecule has 0 aliphatic heterocycles. The molecule has 4 nitrogen and oxygen atoms in total. The number of nitrogens with one attached hydrogen (secondary N) is 1. The van der Waals surface area contributed by atoms with E-state index in [1.165, 1.54) is 11.1 Å². The Labute approximate surface area is 116 Å². The Morgan fingerprint density at radius 1 is 1.11 bits per heavy atom. The first-order valence-corrected chi connectivity index (χ1v) is 6.66. The number of methoxy groups -OCH3 is 1. The predicted molar refractivity (Wildman–Crippen MR) is 76.5 cm³/mol. The van der Waals surface area contributed by atoms with Crippen LogP contribution in [-0.4, -0.2) is 47.2 Å². The second-order valence-electron chi connectivity index (χ2n) is 4.44. The van der Waals surface area contributed by atoms with Crippen LogP contribution < -0.4 is 5.32 Å². The fraction of sp³-hybridized carbons (Fsp3) is 0.600. The van der Waals surface area contributed by atoms with E-state index in [0.29, 0.717) is 33.0 Å². The molecule has 19 heavy (non-hydrogen) atoms. The van der Waals surface area contributed by atoms with Crippen molar-refractivity contribution in [3.8, 4) is 0 Å². The summed E-state index contributed by atoms with van der Waals surface area (Å²) in [6.07, 6.45) is 0. The molecule has 0 heterocycles. The number of likely N-dealkylation sites (N-methyl/N-ethyl adjacent to an activating group) is 1.